The number of anilines is 1. The maximum absolute atomic E-state index is 13.5. The second-order valence-corrected chi connectivity index (χ2v) is 10.2. The molecule has 2 fully saturated rings. The molecular weight excluding hydrogens is 452 g/mol. The topological polar surface area (TPSA) is 104 Å². The first-order chi connectivity index (χ1) is 15.1. The lowest BCUT2D eigenvalue weighted by molar-refractivity contribution is -0.138. The summed E-state index contributed by atoms with van der Waals surface area (Å²) in [6, 6.07) is 12.4. The van der Waals surface area contributed by atoms with Crippen molar-refractivity contribution >= 4 is 39.1 Å². The molecule has 10 heteroatoms. The van der Waals surface area contributed by atoms with Crippen LogP contribution in [0.2, 0.25) is 5.02 Å². The van der Waals surface area contributed by atoms with Crippen LogP contribution in [0.5, 0.6) is 0 Å². The Morgan fingerprint density at radius 1 is 1.00 bits per heavy atom. The van der Waals surface area contributed by atoms with Crippen molar-refractivity contribution in [1.82, 2.24) is 9.80 Å². The Labute approximate surface area is 192 Å². The third kappa shape index (κ3) is 4.52. The van der Waals surface area contributed by atoms with Crippen LogP contribution in [-0.2, 0) is 19.6 Å². The van der Waals surface area contributed by atoms with Gasteiger partial charge in [0.05, 0.1) is 16.9 Å². The Bertz CT molecular complexity index is 1110. The van der Waals surface area contributed by atoms with E-state index in [1.807, 2.05) is 24.1 Å². The van der Waals surface area contributed by atoms with Crippen molar-refractivity contribution in [2.24, 2.45) is 11.1 Å². The average Bonchev–Trinajstić information content (AvgIpc) is 3.11. The maximum Gasteiger partial charge on any atom is 0.238 e. The standard InChI is InChI=1S/C22H25ClN4O4S/c1-25-10-12-26(13-11-25)22(29)19-14-20(28)27(21(19)15-2-4-16(23)5-3-15)17-6-8-18(9-7-17)32(24,30)31/h2-9,19,21H,10-14H2,1H3,(H2,24,30,31)/t19-,21+/m0/s1. The Kier molecular flexibility index (Phi) is 6.26. The van der Waals surface area contributed by atoms with E-state index in [0.29, 0.717) is 23.8 Å². The summed E-state index contributed by atoms with van der Waals surface area (Å²) in [5.74, 6) is -0.791. The molecule has 2 amide bonds. The summed E-state index contributed by atoms with van der Waals surface area (Å²) in [7, 11) is -1.83. The molecule has 0 saturated carbocycles. The van der Waals surface area contributed by atoms with Gasteiger partial charge >= 0.3 is 0 Å². The molecule has 2 N–H and O–H groups in total. The minimum Gasteiger partial charge on any atom is -0.340 e. The second-order valence-electron chi connectivity index (χ2n) is 8.24. The lowest BCUT2D eigenvalue weighted by Crippen LogP contribution is -2.49. The van der Waals surface area contributed by atoms with Gasteiger partial charge in [0.15, 0.2) is 0 Å². The van der Waals surface area contributed by atoms with Crippen LogP contribution in [0.3, 0.4) is 0 Å². The fourth-order valence-electron chi connectivity index (χ4n) is 4.36. The molecule has 32 heavy (non-hydrogen) atoms. The number of hydrogen-bond acceptors (Lipinski definition) is 5. The van der Waals surface area contributed by atoms with E-state index in [1.54, 1.807) is 29.2 Å². The summed E-state index contributed by atoms with van der Waals surface area (Å²) >= 11 is 6.07. The van der Waals surface area contributed by atoms with Crippen LogP contribution in [-0.4, -0.2) is 63.3 Å². The SMILES string of the molecule is CN1CCN(C(=O)[C@H]2CC(=O)N(c3ccc(S(N)(=O)=O)cc3)[C@@H]2c2ccc(Cl)cc2)CC1. The van der Waals surface area contributed by atoms with E-state index in [0.717, 1.165) is 18.7 Å². The number of likely N-dealkylation sites (N-methyl/N-ethyl adjacent to an activating group) is 1. The van der Waals surface area contributed by atoms with Crippen LogP contribution < -0.4 is 10.0 Å². The van der Waals surface area contributed by atoms with Crippen LogP contribution in [0.4, 0.5) is 5.69 Å². The van der Waals surface area contributed by atoms with Gasteiger partial charge < -0.3 is 14.7 Å². The predicted molar refractivity (Wildman–Crippen MR) is 122 cm³/mol. The van der Waals surface area contributed by atoms with Crippen molar-refractivity contribution in [3.63, 3.8) is 0 Å². The minimum absolute atomic E-state index is 0.0407. The number of amides is 2. The molecule has 0 aromatic heterocycles. The monoisotopic (exact) mass is 476 g/mol. The molecule has 2 aromatic carbocycles. The molecule has 4 rings (SSSR count). The van der Waals surface area contributed by atoms with Crippen molar-refractivity contribution in [2.75, 3.05) is 38.1 Å². The molecule has 2 aliphatic rings. The van der Waals surface area contributed by atoms with E-state index in [-0.39, 0.29) is 23.1 Å². The Morgan fingerprint density at radius 3 is 2.16 bits per heavy atom. The van der Waals surface area contributed by atoms with Crippen molar-refractivity contribution in [1.29, 1.82) is 0 Å². The number of primary sulfonamides is 1. The van der Waals surface area contributed by atoms with Crippen LogP contribution in [0.15, 0.2) is 53.4 Å². The normalized spacial score (nSPS) is 22.4. The van der Waals surface area contributed by atoms with E-state index < -0.39 is 22.0 Å². The van der Waals surface area contributed by atoms with E-state index in [2.05, 4.69) is 4.90 Å². The molecule has 0 aliphatic carbocycles. The van der Waals surface area contributed by atoms with Crippen LogP contribution in [0.1, 0.15) is 18.0 Å². The number of nitrogens with two attached hydrogens (primary N) is 1. The van der Waals surface area contributed by atoms with Gasteiger partial charge in [0.1, 0.15) is 0 Å². The summed E-state index contributed by atoms with van der Waals surface area (Å²) < 4.78 is 23.2. The van der Waals surface area contributed by atoms with E-state index in [4.69, 9.17) is 16.7 Å². The molecule has 2 heterocycles. The molecular formula is C22H25ClN4O4S. The molecule has 0 radical (unpaired) electrons. The molecule has 2 atom stereocenters. The summed E-state index contributed by atoms with van der Waals surface area (Å²) in [5.41, 5.74) is 1.30. The zero-order chi connectivity index (χ0) is 23.0. The Morgan fingerprint density at radius 2 is 1.59 bits per heavy atom. The van der Waals surface area contributed by atoms with Gasteiger partial charge in [0.25, 0.3) is 0 Å². The lowest BCUT2D eigenvalue weighted by Gasteiger charge is -2.36. The molecule has 8 nitrogen and oxygen atoms in total. The number of benzene rings is 2. The fraction of sp³-hybridized carbons (Fsp3) is 0.364. The first-order valence-electron chi connectivity index (χ1n) is 10.3. The first kappa shape index (κ1) is 22.7. The predicted octanol–water partition coefficient (Wildman–Crippen LogP) is 1.86. The number of hydrogen-bond donors (Lipinski definition) is 1. The van der Waals surface area contributed by atoms with Gasteiger partial charge in [0, 0.05) is 43.3 Å². The zero-order valence-electron chi connectivity index (χ0n) is 17.6. The van der Waals surface area contributed by atoms with Crippen LogP contribution in [0.25, 0.3) is 0 Å². The third-order valence-corrected chi connectivity index (χ3v) is 7.29. The van der Waals surface area contributed by atoms with Gasteiger partial charge in [-0.2, -0.15) is 0 Å². The highest BCUT2D eigenvalue weighted by atomic mass is 35.5. The quantitative estimate of drug-likeness (QED) is 0.725. The second kappa shape index (κ2) is 8.82. The number of nitrogens with zero attached hydrogens (tertiary/aromatic N) is 3. The Balaban J connectivity index is 1.71. The molecule has 170 valence electrons. The first-order valence-corrected chi connectivity index (χ1v) is 12.3. The number of halogens is 1. The summed E-state index contributed by atoms with van der Waals surface area (Å²) in [6.07, 6.45) is 0.0788. The number of sulfonamides is 1. The Hall–Kier alpha value is -2.46. The maximum atomic E-state index is 13.5. The highest BCUT2D eigenvalue weighted by molar-refractivity contribution is 7.89. The van der Waals surface area contributed by atoms with Crippen molar-refractivity contribution in [2.45, 2.75) is 17.4 Å². The largest absolute Gasteiger partial charge is 0.340 e. The summed E-state index contributed by atoms with van der Waals surface area (Å²) in [6.45, 7) is 2.82. The molecule has 0 bridgehead atoms. The van der Waals surface area contributed by atoms with E-state index in [9.17, 15) is 18.0 Å². The molecule has 0 spiro atoms. The van der Waals surface area contributed by atoms with Gasteiger partial charge in [-0.05, 0) is 49.0 Å². The molecule has 2 aliphatic heterocycles. The molecule has 0 unspecified atom stereocenters. The van der Waals surface area contributed by atoms with Crippen LogP contribution >= 0.6 is 11.6 Å². The number of piperazine rings is 1. The molecule has 2 saturated heterocycles. The van der Waals surface area contributed by atoms with Crippen molar-refractivity contribution in [3.05, 3.63) is 59.1 Å². The number of rotatable bonds is 4. The smallest absolute Gasteiger partial charge is 0.238 e. The summed E-state index contributed by atoms with van der Waals surface area (Å²) in [4.78, 5) is 32.1. The fourth-order valence-corrected chi connectivity index (χ4v) is 5.00. The van der Waals surface area contributed by atoms with E-state index in [1.165, 1.54) is 12.1 Å². The minimum atomic E-state index is -3.85. The van der Waals surface area contributed by atoms with Gasteiger partial charge in [-0.25, -0.2) is 13.6 Å². The summed E-state index contributed by atoms with van der Waals surface area (Å²) in [5, 5.41) is 5.76. The van der Waals surface area contributed by atoms with Crippen molar-refractivity contribution in [3.8, 4) is 0 Å². The highest BCUT2D eigenvalue weighted by Gasteiger charge is 2.46. The number of carbonyl (C=O) groups is 2. The average molecular weight is 477 g/mol. The third-order valence-electron chi connectivity index (χ3n) is 6.11. The van der Waals surface area contributed by atoms with Gasteiger partial charge in [-0.3, -0.25) is 9.59 Å². The molecule has 2 aromatic rings. The zero-order valence-corrected chi connectivity index (χ0v) is 19.2. The van der Waals surface area contributed by atoms with Gasteiger partial charge in [-0.15, -0.1) is 0 Å². The van der Waals surface area contributed by atoms with Crippen molar-refractivity contribution < 1.29 is 18.0 Å². The van der Waals surface area contributed by atoms with E-state index >= 15 is 0 Å². The lowest BCUT2D eigenvalue weighted by atomic mass is 9.92. The van der Waals surface area contributed by atoms with Gasteiger partial charge in [0.2, 0.25) is 21.8 Å². The highest BCUT2D eigenvalue weighted by Crippen LogP contribution is 2.42. The van der Waals surface area contributed by atoms with Crippen LogP contribution in [0, 0.1) is 5.92 Å². The number of carbonyl (C=O) groups excluding carboxylic acids is 2. The van der Waals surface area contributed by atoms with Gasteiger partial charge in [-0.1, -0.05) is 23.7 Å².